The fourth-order valence-corrected chi connectivity index (χ4v) is 3.33. The number of hydrogen-bond donors (Lipinski definition) is 0. The highest BCUT2D eigenvalue weighted by atomic mass is 79.9. The zero-order chi connectivity index (χ0) is 19.5. The summed E-state index contributed by atoms with van der Waals surface area (Å²) in [7, 11) is 1.78. The van der Waals surface area contributed by atoms with Crippen molar-refractivity contribution < 1.29 is 18.7 Å². The maximum absolute atomic E-state index is 12.6. The number of rotatable bonds is 5. The van der Waals surface area contributed by atoms with Gasteiger partial charge >= 0.3 is 0 Å². The van der Waals surface area contributed by atoms with E-state index in [9.17, 15) is 4.79 Å². The van der Waals surface area contributed by atoms with Crippen molar-refractivity contribution in [1.29, 1.82) is 0 Å². The quantitative estimate of drug-likeness (QED) is 0.576. The molecule has 0 aliphatic carbocycles. The Hall–Kier alpha value is -2.73. The summed E-state index contributed by atoms with van der Waals surface area (Å²) in [4.78, 5) is 14.3. The standard InChI is InChI=1S/C22H20BrNO4/c1-24(14-18-7-9-19(28-18)16-3-5-17(23)6-4-16)22(25)13-15-2-8-20-21(12-15)27-11-10-26-20/h2-9,12H,10-11,13-14H2,1H3. The lowest BCUT2D eigenvalue weighted by Crippen LogP contribution is -2.27. The highest BCUT2D eigenvalue weighted by Gasteiger charge is 2.16. The van der Waals surface area contributed by atoms with Crippen LogP contribution in [0.1, 0.15) is 11.3 Å². The first-order valence-corrected chi connectivity index (χ1v) is 9.85. The predicted molar refractivity (Wildman–Crippen MR) is 109 cm³/mol. The van der Waals surface area contributed by atoms with Gasteiger partial charge in [-0.1, -0.05) is 34.1 Å². The number of amides is 1. The second kappa shape index (κ2) is 8.10. The van der Waals surface area contributed by atoms with E-state index < -0.39 is 0 Å². The van der Waals surface area contributed by atoms with Gasteiger partial charge in [0.2, 0.25) is 5.91 Å². The minimum absolute atomic E-state index is 0.0123. The van der Waals surface area contributed by atoms with E-state index in [1.165, 1.54) is 0 Å². The SMILES string of the molecule is CN(Cc1ccc(-c2ccc(Br)cc2)o1)C(=O)Cc1ccc2c(c1)OCCO2. The fraction of sp³-hybridized carbons (Fsp3) is 0.227. The van der Waals surface area contributed by atoms with Crippen LogP contribution in [0.3, 0.4) is 0 Å². The molecule has 144 valence electrons. The van der Waals surface area contributed by atoms with E-state index in [4.69, 9.17) is 13.9 Å². The number of carbonyl (C=O) groups excluding carboxylic acids is 1. The van der Waals surface area contributed by atoms with Crippen LogP contribution in [-0.2, 0) is 17.8 Å². The molecule has 28 heavy (non-hydrogen) atoms. The maximum atomic E-state index is 12.6. The molecule has 3 aromatic rings. The molecule has 6 heteroatoms. The largest absolute Gasteiger partial charge is 0.486 e. The monoisotopic (exact) mass is 441 g/mol. The molecule has 0 unspecified atom stereocenters. The number of nitrogens with zero attached hydrogens (tertiary/aromatic N) is 1. The summed E-state index contributed by atoms with van der Waals surface area (Å²) >= 11 is 3.43. The molecular weight excluding hydrogens is 422 g/mol. The zero-order valence-electron chi connectivity index (χ0n) is 15.5. The molecule has 0 fully saturated rings. The van der Waals surface area contributed by atoms with Crippen LogP contribution in [0.5, 0.6) is 11.5 Å². The van der Waals surface area contributed by atoms with Crippen molar-refractivity contribution in [2.24, 2.45) is 0 Å². The summed E-state index contributed by atoms with van der Waals surface area (Å²) in [6.45, 7) is 1.50. The number of furan rings is 1. The van der Waals surface area contributed by atoms with Crippen LogP contribution < -0.4 is 9.47 Å². The topological polar surface area (TPSA) is 51.9 Å². The summed E-state index contributed by atoms with van der Waals surface area (Å²) in [5.74, 6) is 2.97. The van der Waals surface area contributed by atoms with E-state index in [1.54, 1.807) is 11.9 Å². The Morgan fingerprint density at radius 3 is 2.54 bits per heavy atom. The Bertz CT molecular complexity index is 980. The van der Waals surface area contributed by atoms with E-state index in [2.05, 4.69) is 15.9 Å². The zero-order valence-corrected chi connectivity index (χ0v) is 17.1. The molecule has 2 heterocycles. The number of halogens is 1. The Kier molecular flexibility index (Phi) is 5.39. The second-order valence-electron chi connectivity index (χ2n) is 6.68. The molecule has 1 aliphatic heterocycles. The van der Waals surface area contributed by atoms with Crippen molar-refractivity contribution in [1.82, 2.24) is 4.90 Å². The van der Waals surface area contributed by atoms with Gasteiger partial charge in [0, 0.05) is 17.1 Å². The van der Waals surface area contributed by atoms with E-state index >= 15 is 0 Å². The van der Waals surface area contributed by atoms with Gasteiger partial charge in [0.15, 0.2) is 11.5 Å². The van der Waals surface area contributed by atoms with Gasteiger partial charge in [0.1, 0.15) is 24.7 Å². The molecule has 0 saturated heterocycles. The molecule has 1 aromatic heterocycles. The third-order valence-electron chi connectivity index (χ3n) is 4.57. The minimum atomic E-state index is 0.0123. The van der Waals surface area contributed by atoms with Crippen molar-refractivity contribution >= 4 is 21.8 Å². The molecule has 1 amide bonds. The fourth-order valence-electron chi connectivity index (χ4n) is 3.06. The van der Waals surface area contributed by atoms with Gasteiger partial charge in [0.25, 0.3) is 0 Å². The van der Waals surface area contributed by atoms with Crippen LogP contribution in [0.2, 0.25) is 0 Å². The van der Waals surface area contributed by atoms with Gasteiger partial charge in [-0.05, 0) is 42.0 Å². The van der Waals surface area contributed by atoms with Crippen LogP contribution in [0.4, 0.5) is 0 Å². The average Bonchev–Trinajstić information content (AvgIpc) is 3.17. The predicted octanol–water partition coefficient (Wildman–Crippen LogP) is 4.68. The van der Waals surface area contributed by atoms with Gasteiger partial charge in [-0.15, -0.1) is 0 Å². The molecule has 0 spiro atoms. The molecule has 5 nitrogen and oxygen atoms in total. The Morgan fingerprint density at radius 1 is 1.00 bits per heavy atom. The van der Waals surface area contributed by atoms with Gasteiger partial charge in [-0.2, -0.15) is 0 Å². The van der Waals surface area contributed by atoms with Gasteiger partial charge < -0.3 is 18.8 Å². The van der Waals surface area contributed by atoms with Crippen LogP contribution in [0, 0.1) is 0 Å². The smallest absolute Gasteiger partial charge is 0.227 e. The molecule has 0 N–H and O–H groups in total. The van der Waals surface area contributed by atoms with E-state index in [1.807, 2.05) is 54.6 Å². The Balaban J connectivity index is 1.39. The number of hydrogen-bond acceptors (Lipinski definition) is 4. The first kappa shape index (κ1) is 18.6. The number of carbonyl (C=O) groups is 1. The number of benzene rings is 2. The molecule has 0 bridgehead atoms. The summed E-state index contributed by atoms with van der Waals surface area (Å²) in [5, 5.41) is 0. The normalized spacial score (nSPS) is 12.6. The van der Waals surface area contributed by atoms with Gasteiger partial charge in [-0.3, -0.25) is 4.79 Å². The molecule has 4 rings (SSSR count). The third-order valence-corrected chi connectivity index (χ3v) is 5.10. The lowest BCUT2D eigenvalue weighted by molar-refractivity contribution is -0.129. The number of ether oxygens (including phenoxy) is 2. The molecule has 0 atom stereocenters. The van der Waals surface area contributed by atoms with Crippen molar-refractivity contribution in [3.63, 3.8) is 0 Å². The maximum Gasteiger partial charge on any atom is 0.227 e. The van der Waals surface area contributed by atoms with Crippen LogP contribution in [-0.4, -0.2) is 31.1 Å². The first-order chi connectivity index (χ1) is 13.6. The van der Waals surface area contributed by atoms with Crippen LogP contribution in [0.15, 0.2) is 63.5 Å². The molecule has 1 aliphatic rings. The lowest BCUT2D eigenvalue weighted by atomic mass is 10.1. The average molecular weight is 442 g/mol. The number of fused-ring (bicyclic) bond motifs is 1. The summed E-state index contributed by atoms with van der Waals surface area (Å²) in [6, 6.07) is 17.4. The Labute approximate surface area is 172 Å². The van der Waals surface area contributed by atoms with Crippen LogP contribution >= 0.6 is 15.9 Å². The van der Waals surface area contributed by atoms with Crippen molar-refractivity contribution in [2.75, 3.05) is 20.3 Å². The molecule has 0 saturated carbocycles. The van der Waals surface area contributed by atoms with E-state index in [-0.39, 0.29) is 5.91 Å². The summed E-state index contributed by atoms with van der Waals surface area (Å²) in [5.41, 5.74) is 1.90. The minimum Gasteiger partial charge on any atom is -0.486 e. The summed E-state index contributed by atoms with van der Waals surface area (Å²) in [6.07, 6.45) is 0.299. The van der Waals surface area contributed by atoms with Crippen LogP contribution in [0.25, 0.3) is 11.3 Å². The lowest BCUT2D eigenvalue weighted by Gasteiger charge is -2.20. The highest BCUT2D eigenvalue weighted by molar-refractivity contribution is 9.10. The molecular formula is C22H20BrNO4. The van der Waals surface area contributed by atoms with Crippen molar-refractivity contribution in [3.8, 4) is 22.8 Å². The molecule has 0 radical (unpaired) electrons. The molecule has 2 aromatic carbocycles. The van der Waals surface area contributed by atoms with Crippen molar-refractivity contribution in [3.05, 3.63) is 70.4 Å². The third kappa shape index (κ3) is 4.22. The van der Waals surface area contributed by atoms with Gasteiger partial charge in [0.05, 0.1) is 13.0 Å². The highest BCUT2D eigenvalue weighted by Crippen LogP contribution is 2.31. The summed E-state index contributed by atoms with van der Waals surface area (Å²) < 4.78 is 18.0. The Morgan fingerprint density at radius 2 is 1.75 bits per heavy atom. The van der Waals surface area contributed by atoms with Crippen molar-refractivity contribution in [2.45, 2.75) is 13.0 Å². The van der Waals surface area contributed by atoms with E-state index in [0.717, 1.165) is 32.9 Å². The van der Waals surface area contributed by atoms with Gasteiger partial charge in [-0.25, -0.2) is 0 Å². The van der Waals surface area contributed by atoms with E-state index in [0.29, 0.717) is 31.9 Å². The number of likely N-dealkylation sites (N-methyl/N-ethyl adjacent to an activating group) is 1. The second-order valence-corrected chi connectivity index (χ2v) is 7.59. The first-order valence-electron chi connectivity index (χ1n) is 9.05.